The van der Waals surface area contributed by atoms with Gasteiger partial charge >= 0.3 is 0 Å². The average Bonchev–Trinajstić information content (AvgIpc) is 3.04. The highest BCUT2D eigenvalue weighted by molar-refractivity contribution is 7.20. The minimum Gasteiger partial charge on any atom is -0.393 e. The van der Waals surface area contributed by atoms with Crippen LogP contribution < -0.4 is 0 Å². The Morgan fingerprint density at radius 1 is 1.31 bits per heavy atom. The van der Waals surface area contributed by atoms with E-state index in [1.54, 1.807) is 19.1 Å². The molecule has 32 heavy (non-hydrogen) atoms. The highest BCUT2D eigenvalue weighted by Crippen LogP contribution is 2.63. The van der Waals surface area contributed by atoms with Crippen LogP contribution in [0, 0.1) is 29.1 Å². The maximum atomic E-state index is 13.4. The van der Waals surface area contributed by atoms with Crippen molar-refractivity contribution >= 4 is 25.9 Å². The summed E-state index contributed by atoms with van der Waals surface area (Å²) in [5, 5.41) is 31.6. The topological polar surface area (TPSA) is 113 Å². The molecule has 0 saturated heterocycles. The Bertz CT molecular complexity index is 887. The quantitative estimate of drug-likeness (QED) is 0.408. The van der Waals surface area contributed by atoms with Crippen molar-refractivity contribution in [3.05, 3.63) is 23.8 Å². The van der Waals surface area contributed by atoms with Gasteiger partial charge in [-0.05, 0) is 63.0 Å². The zero-order valence-corrected chi connectivity index (χ0v) is 19.8. The number of Topliss-reactive ketones (excluding diaryl/α,β-unsaturated/α-hetero) is 1. The van der Waals surface area contributed by atoms with Crippen LogP contribution >= 0.6 is 8.86 Å². The van der Waals surface area contributed by atoms with Crippen molar-refractivity contribution < 1.29 is 34.4 Å². The Labute approximate surface area is 190 Å². The summed E-state index contributed by atoms with van der Waals surface area (Å²) in [6, 6.07) is 0. The van der Waals surface area contributed by atoms with Gasteiger partial charge in [-0.3, -0.25) is 9.59 Å². The number of hydrogen-bond donors (Lipinski definition) is 3. The van der Waals surface area contributed by atoms with Crippen LogP contribution in [0.2, 0.25) is 0 Å². The fraction of sp³-hybridized carbons (Fsp3) is 0.708. The van der Waals surface area contributed by atoms with E-state index in [9.17, 15) is 24.9 Å². The Hall–Kier alpha value is -1.21. The molecule has 0 aliphatic heterocycles. The highest BCUT2D eigenvalue weighted by atomic mass is 31.0. The summed E-state index contributed by atoms with van der Waals surface area (Å²) in [6.45, 7) is 4.60. The molecule has 4 aliphatic carbocycles. The monoisotopic (exact) mass is 464 g/mol. The van der Waals surface area contributed by atoms with E-state index in [-0.39, 0.29) is 41.8 Å². The van der Waals surface area contributed by atoms with Gasteiger partial charge in [0.2, 0.25) is 0 Å². The van der Waals surface area contributed by atoms with Crippen LogP contribution in [0.4, 0.5) is 0 Å². The summed E-state index contributed by atoms with van der Waals surface area (Å²) < 4.78 is 11.1. The molecule has 0 heterocycles. The normalized spacial score (nSPS) is 40.9. The van der Waals surface area contributed by atoms with Crippen LogP contribution in [0.3, 0.4) is 0 Å². The molecule has 4 aliphatic rings. The van der Waals surface area contributed by atoms with Gasteiger partial charge in [0.15, 0.2) is 11.6 Å². The Kier molecular flexibility index (Phi) is 6.15. The fourth-order valence-electron chi connectivity index (χ4n) is 7.08. The summed E-state index contributed by atoms with van der Waals surface area (Å²) in [5.74, 6) is -3.05. The molecule has 0 radical (unpaired) electrons. The van der Waals surface area contributed by atoms with Crippen LogP contribution in [-0.2, 0) is 19.1 Å². The van der Waals surface area contributed by atoms with Crippen LogP contribution in [0.15, 0.2) is 23.8 Å². The Balaban J connectivity index is 1.68. The van der Waals surface area contributed by atoms with E-state index in [1.807, 2.05) is 6.08 Å². The van der Waals surface area contributed by atoms with Gasteiger partial charge in [-0.15, -0.1) is 0 Å². The van der Waals surface area contributed by atoms with Crippen molar-refractivity contribution in [3.63, 3.8) is 0 Å². The van der Waals surface area contributed by atoms with Crippen molar-refractivity contribution in [1.82, 2.24) is 0 Å². The van der Waals surface area contributed by atoms with Crippen molar-refractivity contribution in [3.8, 4) is 0 Å². The largest absolute Gasteiger partial charge is 0.393 e. The second kappa shape index (κ2) is 8.23. The van der Waals surface area contributed by atoms with Crippen molar-refractivity contribution in [2.45, 2.75) is 70.6 Å². The zero-order chi connectivity index (χ0) is 23.5. The highest BCUT2D eigenvalue weighted by Gasteiger charge is 2.64. The maximum absolute atomic E-state index is 13.4. The molecular weight excluding hydrogens is 431 g/mol. The lowest BCUT2D eigenvalue weighted by molar-refractivity contribution is -0.366. The van der Waals surface area contributed by atoms with Gasteiger partial charge in [-0.1, -0.05) is 27.4 Å². The number of ether oxygens (including phenoxy) is 2. The van der Waals surface area contributed by atoms with Crippen molar-refractivity contribution in [1.29, 1.82) is 0 Å². The van der Waals surface area contributed by atoms with Gasteiger partial charge < -0.3 is 24.8 Å². The van der Waals surface area contributed by atoms with E-state index in [2.05, 4.69) is 15.8 Å². The first-order chi connectivity index (χ1) is 14.9. The molecule has 3 fully saturated rings. The summed E-state index contributed by atoms with van der Waals surface area (Å²) >= 11 is 0. The number of fused-ring (bicyclic) bond motifs is 5. The minimum atomic E-state index is -2.49. The van der Waals surface area contributed by atoms with Crippen LogP contribution in [0.5, 0.6) is 0 Å². The standard InChI is InChI=1S/C24H33O7P/c1-13(32)30-12-20(27)24(31-23(3,28)29)9-7-16-17-5-4-14-10-15(25)6-8-22(14,2)21(17)19(26)11-18(16)24/h6,8,10,16-19,21,26,28-29,32H,4-5,7,9,11-12H2,1-3H3/t16?,17?,18?,19?,21?,22?,24-/m1/s1. The minimum absolute atomic E-state index is 0.0121. The van der Waals surface area contributed by atoms with Crippen LogP contribution in [0.1, 0.15) is 52.9 Å². The van der Waals surface area contributed by atoms with E-state index in [4.69, 9.17) is 9.47 Å². The number of hydrogen-bond acceptors (Lipinski definition) is 7. The third kappa shape index (κ3) is 3.97. The number of carbonyl (C=O) groups excluding carboxylic acids is 2. The third-order valence-corrected chi connectivity index (χ3v) is 8.34. The van der Waals surface area contributed by atoms with E-state index < -0.39 is 23.1 Å². The predicted molar refractivity (Wildman–Crippen MR) is 120 cm³/mol. The number of rotatable bonds is 6. The summed E-state index contributed by atoms with van der Waals surface area (Å²) in [6.07, 6.45) is 7.45. The molecule has 0 aromatic heterocycles. The maximum Gasteiger partial charge on any atom is 0.275 e. The van der Waals surface area contributed by atoms with Gasteiger partial charge in [0.25, 0.3) is 5.97 Å². The average molecular weight is 464 g/mol. The Morgan fingerprint density at radius 3 is 2.69 bits per heavy atom. The first kappa shape index (κ1) is 23.9. The predicted octanol–water partition coefficient (Wildman–Crippen LogP) is 2.17. The van der Waals surface area contributed by atoms with Crippen LogP contribution in [0.25, 0.3) is 0 Å². The third-order valence-electron chi connectivity index (χ3n) is 8.19. The van der Waals surface area contributed by atoms with E-state index >= 15 is 0 Å². The van der Waals surface area contributed by atoms with Gasteiger partial charge in [0.1, 0.15) is 12.2 Å². The molecule has 0 bridgehead atoms. The molecule has 0 aromatic carbocycles. The molecule has 0 aromatic rings. The molecule has 176 valence electrons. The summed E-state index contributed by atoms with van der Waals surface area (Å²) in [4.78, 5) is 25.3. The van der Waals surface area contributed by atoms with Gasteiger partial charge in [0, 0.05) is 24.2 Å². The molecule has 3 saturated carbocycles. The molecule has 8 heteroatoms. The lowest BCUT2D eigenvalue weighted by atomic mass is 9.49. The summed E-state index contributed by atoms with van der Waals surface area (Å²) in [5.41, 5.74) is -0.327. The van der Waals surface area contributed by atoms with E-state index in [1.165, 1.54) is 0 Å². The number of aliphatic hydroxyl groups is 3. The van der Waals surface area contributed by atoms with Crippen LogP contribution in [-0.4, -0.2) is 56.7 Å². The second-order valence-electron chi connectivity index (χ2n) is 10.2. The second-order valence-corrected chi connectivity index (χ2v) is 10.9. The Morgan fingerprint density at radius 2 is 2.03 bits per heavy atom. The van der Waals surface area contributed by atoms with Crippen molar-refractivity contribution in [2.75, 3.05) is 6.61 Å². The fourth-order valence-corrected chi connectivity index (χ4v) is 7.16. The number of allylic oxidation sites excluding steroid dienone is 4. The molecular formula is C24H33O7P. The SMILES string of the molecule is CC(=P)OCC(=O)[C@@]1(OC(C)(O)O)CCC2C3CCC4=CC(=O)C=CC4(C)C3C(O)CC21. The van der Waals surface area contributed by atoms with E-state index in [0.717, 1.165) is 25.3 Å². The lowest BCUT2D eigenvalue weighted by Gasteiger charge is -2.56. The molecule has 0 spiro atoms. The number of ketones is 2. The smallest absolute Gasteiger partial charge is 0.275 e. The molecule has 7 atom stereocenters. The molecule has 3 N–H and O–H groups in total. The lowest BCUT2D eigenvalue weighted by Crippen LogP contribution is -2.59. The number of aliphatic hydroxyl groups excluding tert-OH is 1. The van der Waals surface area contributed by atoms with Gasteiger partial charge in [0.05, 0.1) is 11.6 Å². The molecule has 0 amide bonds. The van der Waals surface area contributed by atoms with Gasteiger partial charge in [-0.25, -0.2) is 0 Å². The number of carbonyl (C=O) groups is 2. The van der Waals surface area contributed by atoms with Crippen molar-refractivity contribution in [2.24, 2.45) is 29.1 Å². The van der Waals surface area contributed by atoms with E-state index in [0.29, 0.717) is 24.7 Å². The first-order valence-electron chi connectivity index (χ1n) is 11.4. The molecule has 6 unspecified atom stereocenters. The van der Waals surface area contributed by atoms with Gasteiger partial charge in [-0.2, -0.15) is 0 Å². The molecule has 7 nitrogen and oxygen atoms in total. The first-order valence-corrected chi connectivity index (χ1v) is 11.9. The molecule has 4 rings (SSSR count). The zero-order valence-electron chi connectivity index (χ0n) is 18.8. The summed E-state index contributed by atoms with van der Waals surface area (Å²) in [7, 11) is 3.24.